The molecule has 3 heterocycles. The highest BCUT2D eigenvalue weighted by atomic mass is 16.3. The number of hydrogen-bond acceptors (Lipinski definition) is 6. The van der Waals surface area contributed by atoms with Crippen LogP contribution in [0.15, 0.2) is 64.5 Å². The smallest absolute Gasteiger partial charge is 0.287 e. The van der Waals surface area contributed by atoms with E-state index in [-0.39, 0.29) is 17.2 Å². The molecule has 3 aliphatic rings. The number of pyridine rings is 1. The molecule has 2 aromatic rings. The number of carbonyl (C=O) groups excluding carboxylic acids is 2. The van der Waals surface area contributed by atoms with Crippen molar-refractivity contribution >= 4 is 22.8 Å². The third-order valence-electron chi connectivity index (χ3n) is 8.19. The van der Waals surface area contributed by atoms with Crippen LogP contribution in [-0.4, -0.2) is 72.9 Å². The Labute approximate surface area is 218 Å². The summed E-state index contributed by atoms with van der Waals surface area (Å²) in [4.78, 5) is 34.1. The first kappa shape index (κ1) is 25.3. The molecule has 8 heteroatoms. The zero-order chi connectivity index (χ0) is 25.8. The molecule has 2 fully saturated rings. The second kappa shape index (κ2) is 10.9. The van der Waals surface area contributed by atoms with Crippen molar-refractivity contribution in [1.29, 1.82) is 0 Å². The molecular formula is C29H37N5O3. The van der Waals surface area contributed by atoms with E-state index in [0.717, 1.165) is 75.1 Å². The zero-order valence-corrected chi connectivity index (χ0v) is 21.8. The van der Waals surface area contributed by atoms with Crippen molar-refractivity contribution in [2.75, 3.05) is 46.3 Å². The van der Waals surface area contributed by atoms with E-state index in [1.54, 1.807) is 18.5 Å². The summed E-state index contributed by atoms with van der Waals surface area (Å²) in [6, 6.07) is 3.59. The molecule has 0 radical (unpaired) electrons. The van der Waals surface area contributed by atoms with Gasteiger partial charge in [0.05, 0.1) is 6.20 Å². The van der Waals surface area contributed by atoms with Crippen LogP contribution in [0.25, 0.3) is 11.0 Å². The summed E-state index contributed by atoms with van der Waals surface area (Å²) in [6.07, 6.45) is 15.3. The molecule has 2 aromatic heterocycles. The number of hydrogen-bond donors (Lipinski definition) is 2. The SMILES string of the molecule is CCN(C)CCNC1=CCC=C(C(=O)N2CCC3(CC2)CC3CNC(=O)c2cc3ccncc3o2)C=C1. The Morgan fingerprint density at radius 1 is 1.24 bits per heavy atom. The largest absolute Gasteiger partial charge is 0.449 e. The average molecular weight is 504 g/mol. The number of fused-ring (bicyclic) bond motifs is 1. The lowest BCUT2D eigenvalue weighted by atomic mass is 9.90. The van der Waals surface area contributed by atoms with Crippen LogP contribution in [0.5, 0.6) is 0 Å². The van der Waals surface area contributed by atoms with Crippen LogP contribution in [0, 0.1) is 11.3 Å². The van der Waals surface area contributed by atoms with Gasteiger partial charge in [0, 0.05) is 55.6 Å². The predicted molar refractivity (Wildman–Crippen MR) is 144 cm³/mol. The summed E-state index contributed by atoms with van der Waals surface area (Å²) in [5, 5.41) is 7.39. The maximum Gasteiger partial charge on any atom is 0.287 e. The van der Waals surface area contributed by atoms with Crippen molar-refractivity contribution in [2.45, 2.75) is 32.6 Å². The van der Waals surface area contributed by atoms with Crippen molar-refractivity contribution < 1.29 is 14.0 Å². The van der Waals surface area contributed by atoms with Crippen molar-refractivity contribution in [1.82, 2.24) is 25.4 Å². The van der Waals surface area contributed by atoms with Gasteiger partial charge in [-0.25, -0.2) is 0 Å². The monoisotopic (exact) mass is 503 g/mol. The van der Waals surface area contributed by atoms with Crippen LogP contribution in [0.1, 0.15) is 43.2 Å². The standard InChI is InChI=1S/C29H37N5O3/c1-3-33(2)16-13-31-24-6-4-5-21(7-8-24)28(36)34-14-10-29(11-15-34)18-23(29)19-32-27(35)25-17-22-9-12-30-20-26(22)37-25/h5-9,12,17,20,23,31H,3-4,10-11,13-16,18-19H2,1-2H3,(H,32,35). The quantitative estimate of drug-likeness (QED) is 0.544. The first-order chi connectivity index (χ1) is 18.0. The molecule has 1 aliphatic heterocycles. The fourth-order valence-corrected chi connectivity index (χ4v) is 5.44. The number of likely N-dealkylation sites (N-methyl/N-ethyl adjacent to an activating group) is 1. The lowest BCUT2D eigenvalue weighted by molar-refractivity contribution is -0.128. The molecule has 5 rings (SSSR count). The molecule has 1 spiro atoms. The van der Waals surface area contributed by atoms with Crippen molar-refractivity contribution in [2.24, 2.45) is 11.3 Å². The minimum atomic E-state index is -0.183. The summed E-state index contributed by atoms with van der Waals surface area (Å²) in [6.45, 7) is 7.24. The van der Waals surface area contributed by atoms with E-state index in [1.807, 2.05) is 29.2 Å². The number of amides is 2. The van der Waals surface area contributed by atoms with Crippen LogP contribution in [0.3, 0.4) is 0 Å². The van der Waals surface area contributed by atoms with E-state index in [0.29, 0.717) is 23.8 Å². The van der Waals surface area contributed by atoms with E-state index in [2.05, 4.69) is 40.6 Å². The van der Waals surface area contributed by atoms with Gasteiger partial charge in [0.2, 0.25) is 0 Å². The highest BCUT2D eigenvalue weighted by molar-refractivity contribution is 5.97. The molecule has 8 nitrogen and oxygen atoms in total. The Kier molecular flexibility index (Phi) is 7.46. The van der Waals surface area contributed by atoms with E-state index >= 15 is 0 Å². The van der Waals surface area contributed by atoms with Gasteiger partial charge in [-0.2, -0.15) is 0 Å². The number of furan rings is 1. The second-order valence-electron chi connectivity index (χ2n) is 10.5. The fraction of sp³-hybridized carbons (Fsp3) is 0.483. The summed E-state index contributed by atoms with van der Waals surface area (Å²) in [5.41, 5.74) is 2.72. The van der Waals surface area contributed by atoms with Gasteiger partial charge in [-0.3, -0.25) is 14.6 Å². The average Bonchev–Trinajstić information content (AvgIpc) is 3.49. The molecule has 1 unspecified atom stereocenters. The van der Waals surface area contributed by atoms with Gasteiger partial charge >= 0.3 is 0 Å². The van der Waals surface area contributed by atoms with Crippen LogP contribution < -0.4 is 10.6 Å². The summed E-state index contributed by atoms with van der Waals surface area (Å²) >= 11 is 0. The van der Waals surface area contributed by atoms with Gasteiger partial charge in [0.15, 0.2) is 11.3 Å². The summed E-state index contributed by atoms with van der Waals surface area (Å²) in [5.74, 6) is 0.722. The minimum Gasteiger partial charge on any atom is -0.449 e. The number of nitrogens with one attached hydrogen (secondary N) is 2. The van der Waals surface area contributed by atoms with Gasteiger partial charge in [-0.05, 0) is 74.9 Å². The minimum absolute atomic E-state index is 0.122. The van der Waals surface area contributed by atoms with Gasteiger partial charge in [-0.1, -0.05) is 19.1 Å². The molecule has 2 amide bonds. The summed E-state index contributed by atoms with van der Waals surface area (Å²) in [7, 11) is 2.11. The Bertz CT molecular complexity index is 1200. The molecule has 2 N–H and O–H groups in total. The molecule has 2 aliphatic carbocycles. The summed E-state index contributed by atoms with van der Waals surface area (Å²) < 4.78 is 5.63. The molecule has 0 aromatic carbocycles. The van der Waals surface area contributed by atoms with Crippen LogP contribution in [0.4, 0.5) is 0 Å². The number of aromatic nitrogens is 1. The number of carbonyl (C=O) groups is 2. The van der Waals surface area contributed by atoms with Crippen molar-refractivity contribution in [3.63, 3.8) is 0 Å². The number of nitrogens with zero attached hydrogens (tertiary/aromatic N) is 3. The van der Waals surface area contributed by atoms with Gasteiger partial charge in [0.1, 0.15) is 0 Å². The maximum atomic E-state index is 13.2. The number of piperidine rings is 1. The predicted octanol–water partition coefficient (Wildman–Crippen LogP) is 3.50. The fourth-order valence-electron chi connectivity index (χ4n) is 5.44. The molecule has 1 saturated carbocycles. The van der Waals surface area contributed by atoms with Crippen molar-refractivity contribution in [3.8, 4) is 0 Å². The lowest BCUT2D eigenvalue weighted by Gasteiger charge is -2.33. The Balaban J connectivity index is 1.06. The van der Waals surface area contributed by atoms with Gasteiger partial charge in [0.25, 0.3) is 11.8 Å². The lowest BCUT2D eigenvalue weighted by Crippen LogP contribution is -2.40. The number of rotatable bonds is 9. The van der Waals surface area contributed by atoms with Crippen LogP contribution >= 0.6 is 0 Å². The maximum absolute atomic E-state index is 13.2. The molecule has 1 saturated heterocycles. The topological polar surface area (TPSA) is 90.7 Å². The number of allylic oxidation sites excluding steroid dienone is 3. The normalized spacial score (nSPS) is 20.5. The Morgan fingerprint density at radius 3 is 2.86 bits per heavy atom. The van der Waals surface area contributed by atoms with E-state index in [9.17, 15) is 9.59 Å². The number of likely N-dealkylation sites (tertiary alicyclic amines) is 1. The zero-order valence-electron chi connectivity index (χ0n) is 21.8. The first-order valence-electron chi connectivity index (χ1n) is 13.4. The first-order valence-corrected chi connectivity index (χ1v) is 13.4. The molecule has 37 heavy (non-hydrogen) atoms. The van der Waals surface area contributed by atoms with E-state index in [1.165, 1.54) is 0 Å². The van der Waals surface area contributed by atoms with Crippen LogP contribution in [0.2, 0.25) is 0 Å². The van der Waals surface area contributed by atoms with E-state index < -0.39 is 0 Å². The molecule has 1 atom stereocenters. The Hall–Kier alpha value is -3.39. The second-order valence-corrected chi connectivity index (χ2v) is 10.5. The van der Waals surface area contributed by atoms with Gasteiger partial charge < -0.3 is 24.9 Å². The van der Waals surface area contributed by atoms with Crippen LogP contribution in [-0.2, 0) is 4.79 Å². The highest BCUT2D eigenvalue weighted by Crippen LogP contribution is 2.59. The highest BCUT2D eigenvalue weighted by Gasteiger charge is 2.54. The van der Waals surface area contributed by atoms with Gasteiger partial charge in [-0.15, -0.1) is 0 Å². The van der Waals surface area contributed by atoms with Crippen molar-refractivity contribution in [3.05, 3.63) is 65.9 Å². The molecule has 196 valence electrons. The third kappa shape index (κ3) is 5.80. The van der Waals surface area contributed by atoms with E-state index in [4.69, 9.17) is 4.42 Å². The third-order valence-corrected chi connectivity index (χ3v) is 8.19. The Morgan fingerprint density at radius 2 is 2.08 bits per heavy atom. The molecular weight excluding hydrogens is 466 g/mol. The molecule has 0 bridgehead atoms.